The minimum Gasteiger partial charge on any atom is -0.496 e. The lowest BCUT2D eigenvalue weighted by Crippen LogP contribution is -2.44. The number of guanidine groups is 1. The number of hydrogen-bond acceptors (Lipinski definition) is 5. The lowest BCUT2D eigenvalue weighted by molar-refractivity contribution is 0.0674. The van der Waals surface area contributed by atoms with E-state index in [1.54, 1.807) is 7.11 Å². The molecule has 3 aromatic rings. The second-order valence-electron chi connectivity index (χ2n) is 6.32. The van der Waals surface area contributed by atoms with E-state index in [0.717, 1.165) is 40.9 Å². The second-order valence-corrected chi connectivity index (χ2v) is 6.32. The van der Waals surface area contributed by atoms with E-state index in [0.29, 0.717) is 31.5 Å². The fourth-order valence-electron chi connectivity index (χ4n) is 3.24. The van der Waals surface area contributed by atoms with Gasteiger partial charge < -0.3 is 24.6 Å². The SMILES string of the molecule is COc1ccc2ccccc2c1-c1cc(CN=C(N)N2CCOCC2)on1. The number of morpholine rings is 1. The van der Waals surface area contributed by atoms with E-state index in [-0.39, 0.29) is 0 Å². The number of nitrogens with two attached hydrogens (primary N) is 1. The van der Waals surface area contributed by atoms with Crippen LogP contribution in [0.4, 0.5) is 0 Å². The van der Waals surface area contributed by atoms with E-state index in [1.807, 2.05) is 35.2 Å². The highest BCUT2D eigenvalue weighted by Crippen LogP contribution is 2.36. The first-order valence-corrected chi connectivity index (χ1v) is 8.90. The maximum absolute atomic E-state index is 6.07. The average molecular weight is 366 g/mol. The molecule has 140 valence electrons. The molecule has 0 amide bonds. The Hall–Kier alpha value is -3.06. The van der Waals surface area contributed by atoms with Crippen molar-refractivity contribution in [2.75, 3.05) is 33.4 Å². The van der Waals surface area contributed by atoms with Gasteiger partial charge in [0.2, 0.25) is 0 Å². The zero-order valence-corrected chi connectivity index (χ0v) is 15.2. The number of aromatic nitrogens is 1. The molecule has 2 aromatic carbocycles. The molecule has 4 rings (SSSR count). The molecule has 2 N–H and O–H groups in total. The largest absolute Gasteiger partial charge is 0.496 e. The minimum atomic E-state index is 0.337. The van der Waals surface area contributed by atoms with Gasteiger partial charge in [-0.15, -0.1) is 0 Å². The van der Waals surface area contributed by atoms with Crippen LogP contribution in [0.1, 0.15) is 5.76 Å². The maximum Gasteiger partial charge on any atom is 0.191 e. The van der Waals surface area contributed by atoms with Crippen LogP contribution in [0, 0.1) is 0 Å². The Morgan fingerprint density at radius 1 is 1.22 bits per heavy atom. The predicted molar refractivity (Wildman–Crippen MR) is 104 cm³/mol. The van der Waals surface area contributed by atoms with Crippen LogP contribution in [-0.4, -0.2) is 49.4 Å². The summed E-state index contributed by atoms with van der Waals surface area (Å²) in [6.45, 7) is 3.19. The van der Waals surface area contributed by atoms with Crippen LogP contribution in [0.2, 0.25) is 0 Å². The topological polar surface area (TPSA) is 86.1 Å². The molecule has 0 radical (unpaired) electrons. The number of methoxy groups -OCH3 is 1. The van der Waals surface area contributed by atoms with Crippen molar-refractivity contribution in [2.24, 2.45) is 10.7 Å². The van der Waals surface area contributed by atoms with Crippen LogP contribution in [0.5, 0.6) is 5.75 Å². The Morgan fingerprint density at radius 3 is 2.85 bits per heavy atom. The lowest BCUT2D eigenvalue weighted by atomic mass is 10.0. The summed E-state index contributed by atoms with van der Waals surface area (Å²) >= 11 is 0. The second kappa shape index (κ2) is 7.67. The number of rotatable bonds is 4. The summed E-state index contributed by atoms with van der Waals surface area (Å²) in [5, 5.41) is 6.42. The van der Waals surface area contributed by atoms with Gasteiger partial charge in [0.15, 0.2) is 11.7 Å². The molecule has 7 nitrogen and oxygen atoms in total. The fraction of sp³-hybridized carbons (Fsp3) is 0.300. The van der Waals surface area contributed by atoms with Crippen molar-refractivity contribution in [3.05, 3.63) is 48.2 Å². The van der Waals surface area contributed by atoms with Gasteiger partial charge >= 0.3 is 0 Å². The smallest absolute Gasteiger partial charge is 0.191 e. The van der Waals surface area contributed by atoms with E-state index in [4.69, 9.17) is 19.7 Å². The summed E-state index contributed by atoms with van der Waals surface area (Å²) in [5.74, 6) is 1.90. The number of benzene rings is 2. The van der Waals surface area contributed by atoms with E-state index >= 15 is 0 Å². The van der Waals surface area contributed by atoms with Gasteiger partial charge in [-0.25, -0.2) is 4.99 Å². The zero-order chi connectivity index (χ0) is 18.6. The van der Waals surface area contributed by atoms with Gasteiger partial charge in [0.1, 0.15) is 18.0 Å². The molecule has 1 aromatic heterocycles. The third-order valence-electron chi connectivity index (χ3n) is 4.66. The maximum atomic E-state index is 6.07. The number of fused-ring (bicyclic) bond motifs is 1. The number of hydrogen-bond donors (Lipinski definition) is 1. The number of ether oxygens (including phenoxy) is 2. The van der Waals surface area contributed by atoms with E-state index in [9.17, 15) is 0 Å². The quantitative estimate of drug-likeness (QED) is 0.564. The molecular formula is C20H22N4O3. The Bertz CT molecular complexity index is 961. The van der Waals surface area contributed by atoms with E-state index in [1.165, 1.54) is 0 Å². The Morgan fingerprint density at radius 2 is 2.04 bits per heavy atom. The van der Waals surface area contributed by atoms with Crippen LogP contribution in [0.3, 0.4) is 0 Å². The van der Waals surface area contributed by atoms with Crippen molar-refractivity contribution in [3.63, 3.8) is 0 Å². The standard InChI is InChI=1S/C20H22N4O3/c1-25-18-7-6-14-4-2-3-5-16(14)19(18)17-12-15(27-23-17)13-22-20(21)24-8-10-26-11-9-24/h2-7,12H,8-11,13H2,1H3,(H2,21,22). The highest BCUT2D eigenvalue weighted by molar-refractivity contribution is 5.98. The molecule has 1 aliphatic rings. The van der Waals surface area contributed by atoms with Crippen molar-refractivity contribution in [1.29, 1.82) is 0 Å². The lowest BCUT2D eigenvalue weighted by Gasteiger charge is -2.27. The first-order chi connectivity index (χ1) is 13.3. The Kier molecular flexibility index (Phi) is 4.93. The van der Waals surface area contributed by atoms with Gasteiger partial charge in [-0.2, -0.15) is 0 Å². The van der Waals surface area contributed by atoms with Crippen LogP contribution >= 0.6 is 0 Å². The number of aliphatic imine (C=N–C) groups is 1. The van der Waals surface area contributed by atoms with Gasteiger partial charge in [-0.05, 0) is 16.8 Å². The molecule has 0 aliphatic carbocycles. The zero-order valence-electron chi connectivity index (χ0n) is 15.2. The van der Waals surface area contributed by atoms with Crippen LogP contribution < -0.4 is 10.5 Å². The van der Waals surface area contributed by atoms with E-state index in [2.05, 4.69) is 22.3 Å². The van der Waals surface area contributed by atoms with Crippen molar-refractivity contribution >= 4 is 16.7 Å². The predicted octanol–water partition coefficient (Wildman–Crippen LogP) is 2.65. The van der Waals surface area contributed by atoms with Crippen LogP contribution in [0.25, 0.3) is 22.0 Å². The van der Waals surface area contributed by atoms with Crippen molar-refractivity contribution in [3.8, 4) is 17.0 Å². The molecule has 0 spiro atoms. The van der Waals surface area contributed by atoms with Gasteiger partial charge in [0.05, 0.1) is 25.9 Å². The van der Waals surface area contributed by atoms with Gasteiger partial charge in [-0.1, -0.05) is 35.5 Å². The summed E-state index contributed by atoms with van der Waals surface area (Å²) in [4.78, 5) is 6.44. The van der Waals surface area contributed by atoms with Crippen molar-refractivity contribution in [1.82, 2.24) is 10.1 Å². The fourth-order valence-corrected chi connectivity index (χ4v) is 3.24. The Labute approximate surface area is 157 Å². The molecule has 1 aliphatic heterocycles. The monoisotopic (exact) mass is 366 g/mol. The third-order valence-corrected chi connectivity index (χ3v) is 4.66. The molecule has 2 heterocycles. The minimum absolute atomic E-state index is 0.337. The molecule has 0 saturated carbocycles. The highest BCUT2D eigenvalue weighted by Gasteiger charge is 2.16. The Balaban J connectivity index is 1.60. The van der Waals surface area contributed by atoms with Gasteiger partial charge in [-0.3, -0.25) is 0 Å². The molecular weight excluding hydrogens is 344 g/mol. The summed E-state index contributed by atoms with van der Waals surface area (Å²) in [6.07, 6.45) is 0. The van der Waals surface area contributed by atoms with Gasteiger partial charge in [0.25, 0.3) is 0 Å². The molecule has 0 bridgehead atoms. The van der Waals surface area contributed by atoms with Crippen LogP contribution in [-0.2, 0) is 11.3 Å². The summed E-state index contributed by atoms with van der Waals surface area (Å²) in [5.41, 5.74) is 7.71. The molecule has 0 atom stereocenters. The summed E-state index contributed by atoms with van der Waals surface area (Å²) in [6, 6.07) is 14.0. The van der Waals surface area contributed by atoms with Crippen LogP contribution in [0.15, 0.2) is 52.0 Å². The van der Waals surface area contributed by atoms with Crippen molar-refractivity contribution < 1.29 is 14.0 Å². The van der Waals surface area contributed by atoms with E-state index < -0.39 is 0 Å². The average Bonchev–Trinajstić information content (AvgIpc) is 3.20. The normalized spacial score (nSPS) is 15.3. The van der Waals surface area contributed by atoms with Gasteiger partial charge in [0, 0.05) is 19.2 Å². The van der Waals surface area contributed by atoms with Crippen molar-refractivity contribution in [2.45, 2.75) is 6.54 Å². The molecule has 7 heteroatoms. The highest BCUT2D eigenvalue weighted by atomic mass is 16.5. The molecule has 0 unspecified atom stereocenters. The molecule has 1 fully saturated rings. The first-order valence-electron chi connectivity index (χ1n) is 8.90. The summed E-state index contributed by atoms with van der Waals surface area (Å²) in [7, 11) is 1.65. The molecule has 1 saturated heterocycles. The third kappa shape index (κ3) is 3.59. The molecule has 27 heavy (non-hydrogen) atoms. The first kappa shape index (κ1) is 17.4. The summed E-state index contributed by atoms with van der Waals surface area (Å²) < 4.78 is 16.4. The number of nitrogens with zero attached hydrogens (tertiary/aromatic N) is 3.